The fourth-order valence-electron chi connectivity index (χ4n) is 2.10. The van der Waals surface area contributed by atoms with Crippen LogP contribution >= 0.6 is 22.3 Å². The van der Waals surface area contributed by atoms with Crippen LogP contribution in [0.4, 0.5) is 5.69 Å². The summed E-state index contributed by atoms with van der Waals surface area (Å²) in [6.45, 7) is 2.57. The molecule has 0 radical (unpaired) electrons. The average molecular weight is 352 g/mol. The van der Waals surface area contributed by atoms with E-state index in [1.807, 2.05) is 6.92 Å². The molecule has 0 aliphatic carbocycles. The Bertz CT molecular complexity index is 648. The number of amides is 1. The van der Waals surface area contributed by atoms with E-state index in [9.17, 15) is 13.2 Å². The highest BCUT2D eigenvalue weighted by Gasteiger charge is 2.38. The maximum Gasteiger partial charge on any atom is 0.237 e. The Labute approximate surface area is 133 Å². The van der Waals surface area contributed by atoms with Crippen molar-refractivity contribution < 1.29 is 17.9 Å². The molecular weight excluding hydrogens is 337 g/mol. The lowest BCUT2D eigenvalue weighted by Crippen LogP contribution is -2.26. The van der Waals surface area contributed by atoms with Gasteiger partial charge < -0.3 is 9.64 Å². The summed E-state index contributed by atoms with van der Waals surface area (Å²) >= 11 is 6.11. The van der Waals surface area contributed by atoms with Gasteiger partial charge in [-0.2, -0.15) is 0 Å². The minimum atomic E-state index is -3.75. The van der Waals surface area contributed by atoms with Gasteiger partial charge in [0.1, 0.15) is 11.0 Å². The first-order chi connectivity index (χ1) is 9.82. The molecule has 8 heteroatoms. The highest BCUT2D eigenvalue weighted by Crippen LogP contribution is 2.33. The number of hydrogen-bond donors (Lipinski definition) is 0. The summed E-state index contributed by atoms with van der Waals surface area (Å²) in [5.74, 6) is 0.248. The molecule has 1 aromatic carbocycles. The van der Waals surface area contributed by atoms with E-state index in [0.717, 1.165) is 6.42 Å². The molecule has 116 valence electrons. The third-order valence-electron chi connectivity index (χ3n) is 3.18. The average Bonchev–Trinajstić information content (AvgIpc) is 2.79. The van der Waals surface area contributed by atoms with Crippen LogP contribution in [0.1, 0.15) is 19.8 Å². The second kappa shape index (κ2) is 6.42. The first-order valence-electron chi connectivity index (χ1n) is 6.49. The number of halogens is 2. The Morgan fingerprint density at radius 2 is 2.14 bits per heavy atom. The number of benzene rings is 1. The molecule has 0 aromatic heterocycles. The molecule has 1 aromatic rings. The van der Waals surface area contributed by atoms with Crippen molar-refractivity contribution in [3.63, 3.8) is 0 Å². The Hall–Kier alpha value is -0.980. The lowest BCUT2D eigenvalue weighted by molar-refractivity contribution is -0.117. The molecule has 1 unspecified atom stereocenters. The Balaban J connectivity index is 2.19. The van der Waals surface area contributed by atoms with Crippen molar-refractivity contribution in [3.8, 4) is 5.75 Å². The molecule has 0 bridgehead atoms. The van der Waals surface area contributed by atoms with Gasteiger partial charge in [0.05, 0.1) is 11.6 Å². The Morgan fingerprint density at radius 3 is 2.67 bits per heavy atom. The molecule has 1 atom stereocenters. The van der Waals surface area contributed by atoms with Gasteiger partial charge in [-0.1, -0.05) is 18.5 Å². The maximum atomic E-state index is 11.9. The van der Waals surface area contributed by atoms with Crippen LogP contribution in [0.3, 0.4) is 0 Å². The van der Waals surface area contributed by atoms with Crippen molar-refractivity contribution >= 4 is 42.9 Å². The van der Waals surface area contributed by atoms with E-state index in [-0.39, 0.29) is 18.9 Å². The standard InChI is InChI=1S/C13H15Cl2NO4S/c1-2-5-20-12-4-3-9(6-11(12)14)16-8-10(7-13(16)17)21(15,18)19/h3-4,6,10H,2,5,7-8H2,1H3. The summed E-state index contributed by atoms with van der Waals surface area (Å²) in [6.07, 6.45) is 0.746. The first kappa shape index (κ1) is 16.4. The van der Waals surface area contributed by atoms with Crippen LogP contribution in [0.25, 0.3) is 0 Å². The zero-order valence-corrected chi connectivity index (χ0v) is 13.7. The summed E-state index contributed by atoms with van der Waals surface area (Å²) in [5, 5.41) is -0.507. The third-order valence-corrected chi connectivity index (χ3v) is 5.34. The number of hydrogen-bond acceptors (Lipinski definition) is 4. The number of ether oxygens (including phenoxy) is 1. The van der Waals surface area contributed by atoms with Gasteiger partial charge in [0.2, 0.25) is 15.0 Å². The van der Waals surface area contributed by atoms with Gasteiger partial charge in [-0.25, -0.2) is 8.42 Å². The van der Waals surface area contributed by atoms with Gasteiger partial charge in [-0.05, 0) is 24.6 Å². The third kappa shape index (κ3) is 3.81. The summed E-state index contributed by atoms with van der Waals surface area (Å²) in [5.41, 5.74) is 0.539. The Kier molecular flexibility index (Phi) is 5.01. The summed E-state index contributed by atoms with van der Waals surface area (Å²) in [7, 11) is 1.56. The minimum absolute atomic E-state index is 0.0379. The van der Waals surface area contributed by atoms with Crippen LogP contribution in [0.2, 0.25) is 5.02 Å². The molecule has 0 spiro atoms. The van der Waals surface area contributed by atoms with Crippen LogP contribution in [-0.4, -0.2) is 32.7 Å². The van der Waals surface area contributed by atoms with Crippen LogP contribution in [-0.2, 0) is 13.8 Å². The van der Waals surface area contributed by atoms with E-state index in [1.54, 1.807) is 18.2 Å². The van der Waals surface area contributed by atoms with E-state index >= 15 is 0 Å². The monoisotopic (exact) mass is 351 g/mol. The zero-order valence-electron chi connectivity index (χ0n) is 11.4. The number of anilines is 1. The fraction of sp³-hybridized carbons (Fsp3) is 0.462. The fourth-order valence-corrected chi connectivity index (χ4v) is 3.36. The molecule has 2 rings (SSSR count). The van der Waals surface area contributed by atoms with Crippen molar-refractivity contribution in [2.75, 3.05) is 18.1 Å². The van der Waals surface area contributed by atoms with Gasteiger partial charge >= 0.3 is 0 Å². The van der Waals surface area contributed by atoms with Crippen molar-refractivity contribution in [1.82, 2.24) is 0 Å². The van der Waals surface area contributed by atoms with Crippen LogP contribution in [0.5, 0.6) is 5.75 Å². The summed E-state index contributed by atoms with van der Waals surface area (Å²) in [6, 6.07) is 4.94. The van der Waals surface area contributed by atoms with Crippen LogP contribution in [0.15, 0.2) is 18.2 Å². The van der Waals surface area contributed by atoms with E-state index in [4.69, 9.17) is 27.0 Å². The summed E-state index contributed by atoms with van der Waals surface area (Å²) in [4.78, 5) is 13.3. The predicted octanol–water partition coefficient (Wildman–Crippen LogP) is 2.80. The molecule has 1 aliphatic heterocycles. The van der Waals surface area contributed by atoms with E-state index in [1.165, 1.54) is 4.90 Å². The largest absolute Gasteiger partial charge is 0.492 e. The lowest BCUT2D eigenvalue weighted by atomic mass is 10.2. The van der Waals surface area contributed by atoms with E-state index < -0.39 is 14.3 Å². The number of rotatable bonds is 5. The molecule has 21 heavy (non-hydrogen) atoms. The van der Waals surface area contributed by atoms with Crippen molar-refractivity contribution in [2.45, 2.75) is 25.0 Å². The lowest BCUT2D eigenvalue weighted by Gasteiger charge is -2.17. The normalized spacial score (nSPS) is 19.1. The van der Waals surface area contributed by atoms with Crippen LogP contribution < -0.4 is 9.64 Å². The van der Waals surface area contributed by atoms with Crippen LogP contribution in [0, 0.1) is 0 Å². The van der Waals surface area contributed by atoms with E-state index in [0.29, 0.717) is 23.1 Å². The predicted molar refractivity (Wildman–Crippen MR) is 82.8 cm³/mol. The van der Waals surface area contributed by atoms with Crippen molar-refractivity contribution in [2.24, 2.45) is 0 Å². The molecular formula is C13H15Cl2NO4S. The SMILES string of the molecule is CCCOc1ccc(N2CC(S(=O)(=O)Cl)CC2=O)cc1Cl. The highest BCUT2D eigenvalue weighted by atomic mass is 35.7. The van der Waals surface area contributed by atoms with Crippen molar-refractivity contribution in [1.29, 1.82) is 0 Å². The van der Waals surface area contributed by atoms with E-state index in [2.05, 4.69) is 0 Å². The minimum Gasteiger partial charge on any atom is -0.492 e. The molecule has 0 saturated carbocycles. The molecule has 1 aliphatic rings. The topological polar surface area (TPSA) is 63.7 Å². The van der Waals surface area contributed by atoms with Gasteiger partial charge in [-0.15, -0.1) is 0 Å². The molecule has 1 heterocycles. The summed E-state index contributed by atoms with van der Waals surface area (Å²) < 4.78 is 28.1. The number of carbonyl (C=O) groups excluding carboxylic acids is 1. The highest BCUT2D eigenvalue weighted by molar-refractivity contribution is 8.14. The number of carbonyl (C=O) groups is 1. The van der Waals surface area contributed by atoms with Gasteiger partial charge in [0, 0.05) is 29.3 Å². The second-order valence-electron chi connectivity index (χ2n) is 4.77. The van der Waals surface area contributed by atoms with Gasteiger partial charge in [-0.3, -0.25) is 4.79 Å². The molecule has 0 N–H and O–H groups in total. The Morgan fingerprint density at radius 1 is 1.43 bits per heavy atom. The van der Waals surface area contributed by atoms with Gasteiger partial charge in [0.25, 0.3) is 0 Å². The molecule has 1 fully saturated rings. The zero-order chi connectivity index (χ0) is 15.6. The maximum absolute atomic E-state index is 11.9. The number of nitrogens with zero attached hydrogens (tertiary/aromatic N) is 1. The smallest absolute Gasteiger partial charge is 0.237 e. The molecule has 5 nitrogen and oxygen atoms in total. The second-order valence-corrected chi connectivity index (χ2v) is 8.08. The van der Waals surface area contributed by atoms with Gasteiger partial charge in [0.15, 0.2) is 0 Å². The molecule has 1 saturated heterocycles. The molecule has 1 amide bonds. The van der Waals surface area contributed by atoms with Crippen molar-refractivity contribution in [3.05, 3.63) is 23.2 Å². The quantitative estimate of drug-likeness (QED) is 0.765. The first-order valence-corrected chi connectivity index (χ1v) is 9.24.